The predicted octanol–water partition coefficient (Wildman–Crippen LogP) is 4.28. The van der Waals surface area contributed by atoms with Crippen molar-refractivity contribution in [2.24, 2.45) is 0 Å². The Morgan fingerprint density at radius 1 is 1.17 bits per heavy atom. The van der Waals surface area contributed by atoms with Gasteiger partial charge in [0.15, 0.2) is 5.76 Å². The van der Waals surface area contributed by atoms with Crippen LogP contribution in [0.25, 0.3) is 6.08 Å². The molecular formula is C30H29N3O7S2. The molecule has 3 heterocycles. The van der Waals surface area contributed by atoms with E-state index in [9.17, 15) is 14.4 Å². The van der Waals surface area contributed by atoms with E-state index in [1.807, 2.05) is 37.3 Å². The third-order valence-corrected chi connectivity index (χ3v) is 8.71. The van der Waals surface area contributed by atoms with E-state index in [-0.39, 0.29) is 29.9 Å². The van der Waals surface area contributed by atoms with E-state index < -0.39 is 17.4 Å². The van der Waals surface area contributed by atoms with Crippen LogP contribution in [0.3, 0.4) is 0 Å². The van der Waals surface area contributed by atoms with E-state index in [1.165, 1.54) is 28.4 Å². The summed E-state index contributed by atoms with van der Waals surface area (Å²) in [5, 5.41) is 6.25. The first-order valence-electron chi connectivity index (χ1n) is 13.2. The van der Waals surface area contributed by atoms with Gasteiger partial charge in [0.05, 0.1) is 19.5 Å². The molecule has 0 spiro atoms. The minimum Gasteiger partial charge on any atom is -0.497 e. The highest BCUT2D eigenvalue weighted by Gasteiger charge is 2.54. The van der Waals surface area contributed by atoms with Crippen LogP contribution in [0.2, 0.25) is 0 Å². The van der Waals surface area contributed by atoms with E-state index in [2.05, 4.69) is 10.5 Å². The molecule has 218 valence electrons. The number of carbonyl (C=O) groups excluding carboxylic acids is 3. The lowest BCUT2D eigenvalue weighted by Gasteiger charge is -2.49. The second-order valence-corrected chi connectivity index (χ2v) is 11.3. The number of hydrogen-bond acceptors (Lipinski definition) is 10. The van der Waals surface area contributed by atoms with Gasteiger partial charge in [-0.1, -0.05) is 36.4 Å². The summed E-state index contributed by atoms with van der Waals surface area (Å²) < 4.78 is 21.4. The van der Waals surface area contributed by atoms with Crippen molar-refractivity contribution >= 4 is 47.4 Å². The molecule has 12 heteroatoms. The average Bonchev–Trinajstić information content (AvgIpc) is 3.48. The molecule has 1 aromatic heterocycles. The molecule has 5 rings (SSSR count). The Hall–Kier alpha value is -4.16. The minimum absolute atomic E-state index is 0.0137. The zero-order chi connectivity index (χ0) is 29.5. The summed E-state index contributed by atoms with van der Waals surface area (Å²) in [6, 6.07) is 17.6. The van der Waals surface area contributed by atoms with Crippen LogP contribution in [0.4, 0.5) is 0 Å². The van der Waals surface area contributed by atoms with Crippen LogP contribution in [0.5, 0.6) is 11.6 Å². The minimum atomic E-state index is -0.739. The number of rotatable bonds is 12. The summed E-state index contributed by atoms with van der Waals surface area (Å²) in [5.74, 6) is 0.796. The van der Waals surface area contributed by atoms with Gasteiger partial charge in [-0.25, -0.2) is 4.79 Å². The molecule has 10 nitrogen and oxygen atoms in total. The van der Waals surface area contributed by atoms with Crippen LogP contribution in [0.15, 0.2) is 87.4 Å². The van der Waals surface area contributed by atoms with Gasteiger partial charge in [0.25, 0.3) is 11.8 Å². The molecular weight excluding hydrogens is 578 g/mol. The molecule has 0 bridgehead atoms. The maximum Gasteiger partial charge on any atom is 0.355 e. The monoisotopic (exact) mass is 607 g/mol. The van der Waals surface area contributed by atoms with Crippen molar-refractivity contribution in [3.63, 3.8) is 0 Å². The van der Waals surface area contributed by atoms with Crippen molar-refractivity contribution < 1.29 is 33.1 Å². The number of ether oxygens (including phenoxy) is 3. The first-order valence-corrected chi connectivity index (χ1v) is 15.2. The summed E-state index contributed by atoms with van der Waals surface area (Å²) in [6.07, 6.45) is 3.37. The van der Waals surface area contributed by atoms with Crippen molar-refractivity contribution in [1.29, 1.82) is 0 Å². The highest BCUT2D eigenvalue weighted by molar-refractivity contribution is 8.00. The van der Waals surface area contributed by atoms with Gasteiger partial charge in [0, 0.05) is 16.7 Å². The highest BCUT2D eigenvalue weighted by atomic mass is 32.2. The maximum absolute atomic E-state index is 13.4. The summed E-state index contributed by atoms with van der Waals surface area (Å²) in [4.78, 5) is 41.8. The third-order valence-electron chi connectivity index (χ3n) is 6.40. The van der Waals surface area contributed by atoms with Crippen molar-refractivity contribution in [2.45, 2.75) is 29.8 Å². The molecule has 0 saturated carbocycles. The number of thioether (sulfide) groups is 2. The lowest BCUT2D eigenvalue weighted by atomic mass is 10.0. The van der Waals surface area contributed by atoms with E-state index in [0.29, 0.717) is 35.3 Å². The topological polar surface area (TPSA) is 120 Å². The van der Waals surface area contributed by atoms with Gasteiger partial charge in [-0.05, 0) is 53.6 Å². The maximum atomic E-state index is 13.4. The van der Waals surface area contributed by atoms with Crippen molar-refractivity contribution in [2.75, 3.05) is 25.2 Å². The molecule has 2 aliphatic heterocycles. The number of aromatic nitrogens is 1. The zero-order valence-corrected chi connectivity index (χ0v) is 24.6. The Morgan fingerprint density at radius 2 is 1.95 bits per heavy atom. The molecule has 2 amide bonds. The summed E-state index contributed by atoms with van der Waals surface area (Å²) >= 11 is 2.85. The van der Waals surface area contributed by atoms with E-state index in [4.69, 9.17) is 18.7 Å². The molecule has 2 aliphatic rings. The molecule has 0 aliphatic carbocycles. The Labute approximate surface area is 251 Å². The number of amides is 2. The van der Waals surface area contributed by atoms with Gasteiger partial charge >= 0.3 is 5.97 Å². The number of esters is 1. The van der Waals surface area contributed by atoms with Crippen LogP contribution in [0.1, 0.15) is 18.2 Å². The lowest BCUT2D eigenvalue weighted by Crippen LogP contribution is -2.70. The first kappa shape index (κ1) is 29.3. The predicted molar refractivity (Wildman–Crippen MR) is 159 cm³/mol. The summed E-state index contributed by atoms with van der Waals surface area (Å²) in [7, 11) is 1.58. The van der Waals surface area contributed by atoms with Gasteiger partial charge in [-0.15, -0.1) is 23.5 Å². The number of benzene rings is 2. The van der Waals surface area contributed by atoms with Crippen LogP contribution in [0, 0.1) is 0 Å². The molecule has 42 heavy (non-hydrogen) atoms. The molecule has 0 radical (unpaired) electrons. The van der Waals surface area contributed by atoms with E-state index in [1.54, 1.807) is 49.6 Å². The van der Waals surface area contributed by atoms with Gasteiger partial charge in [-0.2, -0.15) is 0 Å². The molecule has 2 aromatic carbocycles. The number of hydrogen-bond donors (Lipinski definition) is 1. The molecule has 1 saturated heterocycles. The van der Waals surface area contributed by atoms with Crippen LogP contribution >= 0.6 is 23.5 Å². The highest BCUT2D eigenvalue weighted by Crippen LogP contribution is 2.41. The zero-order valence-electron chi connectivity index (χ0n) is 23.0. The number of nitrogens with one attached hydrogen (secondary N) is 1. The van der Waals surface area contributed by atoms with E-state index in [0.717, 1.165) is 10.5 Å². The Balaban J connectivity index is 1.31. The molecule has 2 atom stereocenters. The Morgan fingerprint density at radius 3 is 2.69 bits per heavy atom. The number of carbonyl (C=O) groups is 3. The fourth-order valence-electron chi connectivity index (χ4n) is 4.33. The van der Waals surface area contributed by atoms with Crippen molar-refractivity contribution in [3.05, 3.63) is 89.3 Å². The lowest BCUT2D eigenvalue weighted by molar-refractivity contribution is -0.153. The largest absolute Gasteiger partial charge is 0.497 e. The summed E-state index contributed by atoms with van der Waals surface area (Å²) in [6.45, 7) is 2.30. The van der Waals surface area contributed by atoms with Gasteiger partial charge in [0.1, 0.15) is 29.5 Å². The molecule has 0 unspecified atom stereocenters. The van der Waals surface area contributed by atoms with Crippen LogP contribution in [-0.2, 0) is 25.7 Å². The van der Waals surface area contributed by atoms with E-state index >= 15 is 0 Å². The molecule has 1 fully saturated rings. The molecule has 3 aromatic rings. The average molecular weight is 608 g/mol. The van der Waals surface area contributed by atoms with Gasteiger partial charge in [-0.3, -0.25) is 14.5 Å². The fraction of sp³-hybridized carbons (Fsp3) is 0.267. The number of allylic oxidation sites excluding steroid dienone is 1. The SMILES string of the molecule is CCOc1cc(/C=C/C2=C(C(=O)OCc3ccc(OC)cc3)N3C(=O)[C@@H](NC(=O)CSc4ccccc4)[C@H]3SC2)on1. The Bertz CT molecular complexity index is 1490. The number of nitrogens with zero attached hydrogens (tertiary/aromatic N) is 2. The van der Waals surface area contributed by atoms with Crippen LogP contribution < -0.4 is 14.8 Å². The van der Waals surface area contributed by atoms with Gasteiger partial charge in [0.2, 0.25) is 5.91 Å². The number of fused-ring (bicyclic) bond motifs is 1. The normalized spacial score (nSPS) is 18.0. The molecule has 1 N–H and O–H groups in total. The quantitative estimate of drug-likeness (QED) is 0.181. The van der Waals surface area contributed by atoms with Crippen molar-refractivity contribution in [1.82, 2.24) is 15.4 Å². The third kappa shape index (κ3) is 6.82. The number of β-lactam (4-membered cyclic amide) rings is 1. The fourth-order valence-corrected chi connectivity index (χ4v) is 6.38. The standard InChI is InChI=1S/C30H29N3O7S2/c1-3-38-25-15-22(40-32-25)14-11-20-17-42-29-26(31-24(34)18-41-23-7-5-4-6-8-23)28(35)33(29)27(20)30(36)39-16-19-9-12-21(37-2)13-10-19/h4-15,26,29H,3,16-18H2,1-2H3,(H,31,34)/b14-11+/t26-,29-/m1/s1. The first-order chi connectivity index (χ1) is 20.5. The smallest absolute Gasteiger partial charge is 0.355 e. The second kappa shape index (κ2) is 13.7. The number of methoxy groups -OCH3 is 1. The Kier molecular flexibility index (Phi) is 9.55. The second-order valence-electron chi connectivity index (χ2n) is 9.19. The van der Waals surface area contributed by atoms with Crippen LogP contribution in [-0.4, -0.2) is 64.5 Å². The van der Waals surface area contributed by atoms with Gasteiger partial charge < -0.3 is 24.1 Å². The van der Waals surface area contributed by atoms with Crippen molar-refractivity contribution in [3.8, 4) is 11.6 Å². The summed E-state index contributed by atoms with van der Waals surface area (Å²) in [5.41, 5.74) is 1.50.